The van der Waals surface area contributed by atoms with Gasteiger partial charge in [-0.2, -0.15) is 0 Å². The quantitative estimate of drug-likeness (QED) is 0.505. The van der Waals surface area contributed by atoms with Crippen molar-refractivity contribution in [2.75, 3.05) is 40.5 Å². The lowest BCUT2D eigenvalue weighted by Crippen LogP contribution is -2.40. The Morgan fingerprint density at radius 3 is 2.03 bits per heavy atom. The molecule has 0 unspecified atom stereocenters. The number of ether oxygens (including phenoxy) is 7. The van der Waals surface area contributed by atoms with Gasteiger partial charge in [-0.05, 0) is 48.0 Å². The molecule has 0 fully saturated rings. The van der Waals surface area contributed by atoms with Gasteiger partial charge in [0, 0.05) is 29.2 Å². The average molecular weight is 480 g/mol. The highest BCUT2D eigenvalue weighted by atomic mass is 16.7. The normalized spacial score (nSPS) is 19.9. The fourth-order valence-electron chi connectivity index (χ4n) is 4.76. The van der Waals surface area contributed by atoms with Crippen LogP contribution in [0.2, 0.25) is 0 Å². The SMILES string of the molecule is COc1ccc(N[C@H]2Oc3cc4c(cc3[C@@H](c3cc(OC)c(OC)c(OC)c3)[C@H]2C)OCO4)cc1. The molecule has 0 bridgehead atoms. The minimum Gasteiger partial charge on any atom is -0.497 e. The van der Waals surface area contributed by atoms with Crippen LogP contribution in [0.15, 0.2) is 48.5 Å². The summed E-state index contributed by atoms with van der Waals surface area (Å²) in [6.45, 7) is 2.35. The second-order valence-electron chi connectivity index (χ2n) is 8.45. The minimum atomic E-state index is -0.319. The Bertz CT molecular complexity index is 1190. The van der Waals surface area contributed by atoms with Crippen LogP contribution in [0.3, 0.4) is 0 Å². The molecule has 1 N–H and O–H groups in total. The third-order valence-corrected chi connectivity index (χ3v) is 6.54. The minimum absolute atomic E-state index is 0.0211. The standard InChI is InChI=1S/C27H29NO7/c1-15-25(16-10-23(30-3)26(32-5)24(11-16)31-4)19-12-21-22(34-14-33-21)13-20(19)35-27(15)28-17-6-8-18(29-2)9-7-17/h6-13,15,25,27-28H,14H2,1-5H3/t15-,25-,27+/m1/s1. The number of benzene rings is 3. The topological polar surface area (TPSA) is 76.6 Å². The Morgan fingerprint density at radius 1 is 0.771 bits per heavy atom. The maximum absolute atomic E-state index is 6.47. The van der Waals surface area contributed by atoms with E-state index in [9.17, 15) is 0 Å². The number of hydrogen-bond acceptors (Lipinski definition) is 8. The van der Waals surface area contributed by atoms with E-state index in [1.165, 1.54) is 0 Å². The number of methoxy groups -OCH3 is 4. The van der Waals surface area contributed by atoms with E-state index in [1.807, 2.05) is 48.5 Å². The molecule has 35 heavy (non-hydrogen) atoms. The molecule has 0 aliphatic carbocycles. The van der Waals surface area contributed by atoms with Crippen LogP contribution in [0.4, 0.5) is 5.69 Å². The molecule has 3 aromatic carbocycles. The van der Waals surface area contributed by atoms with Crippen molar-refractivity contribution >= 4 is 5.69 Å². The van der Waals surface area contributed by atoms with Gasteiger partial charge in [-0.15, -0.1) is 0 Å². The van der Waals surface area contributed by atoms with E-state index in [2.05, 4.69) is 12.2 Å². The summed E-state index contributed by atoms with van der Waals surface area (Å²) in [5.41, 5.74) is 2.94. The summed E-state index contributed by atoms with van der Waals surface area (Å²) in [6.07, 6.45) is -0.319. The van der Waals surface area contributed by atoms with Gasteiger partial charge in [-0.3, -0.25) is 0 Å². The summed E-state index contributed by atoms with van der Waals surface area (Å²) in [7, 11) is 6.49. The van der Waals surface area contributed by atoms with Crippen LogP contribution in [0.25, 0.3) is 0 Å². The van der Waals surface area contributed by atoms with Gasteiger partial charge >= 0.3 is 0 Å². The lowest BCUT2D eigenvalue weighted by molar-refractivity contribution is 0.134. The third-order valence-electron chi connectivity index (χ3n) is 6.54. The van der Waals surface area contributed by atoms with Crippen LogP contribution in [-0.4, -0.2) is 41.5 Å². The lowest BCUT2D eigenvalue weighted by Gasteiger charge is -2.39. The summed E-state index contributed by atoms with van der Waals surface area (Å²) >= 11 is 0. The summed E-state index contributed by atoms with van der Waals surface area (Å²) in [4.78, 5) is 0. The van der Waals surface area contributed by atoms with Gasteiger partial charge in [0.15, 0.2) is 29.2 Å². The maximum Gasteiger partial charge on any atom is 0.231 e. The molecule has 0 saturated heterocycles. The first-order valence-corrected chi connectivity index (χ1v) is 11.4. The van der Waals surface area contributed by atoms with Gasteiger partial charge in [0.2, 0.25) is 12.5 Å². The zero-order chi connectivity index (χ0) is 24.5. The van der Waals surface area contributed by atoms with Crippen LogP contribution in [0.5, 0.6) is 40.2 Å². The van der Waals surface area contributed by atoms with Gasteiger partial charge in [0.25, 0.3) is 0 Å². The Labute approximate surface area is 204 Å². The van der Waals surface area contributed by atoms with Crippen LogP contribution in [0, 0.1) is 5.92 Å². The molecule has 3 atom stereocenters. The molecule has 0 saturated carbocycles. The Balaban J connectivity index is 1.59. The average Bonchev–Trinajstić information content (AvgIpc) is 3.35. The van der Waals surface area contributed by atoms with Crippen LogP contribution < -0.4 is 38.5 Å². The molecule has 184 valence electrons. The molecule has 3 aromatic rings. The van der Waals surface area contributed by atoms with E-state index in [1.54, 1.807) is 28.4 Å². The number of nitrogens with one attached hydrogen (secondary N) is 1. The van der Waals surface area contributed by atoms with Crippen molar-refractivity contribution in [1.29, 1.82) is 0 Å². The highest BCUT2D eigenvalue weighted by Crippen LogP contribution is 2.51. The summed E-state index contributed by atoms with van der Waals surface area (Å²) in [5.74, 6) is 4.62. The number of rotatable bonds is 7. The Kier molecular flexibility index (Phi) is 6.11. The number of fused-ring (bicyclic) bond motifs is 2. The zero-order valence-electron chi connectivity index (χ0n) is 20.4. The number of hydrogen-bond donors (Lipinski definition) is 1. The van der Waals surface area contributed by atoms with Crippen molar-refractivity contribution in [2.24, 2.45) is 5.92 Å². The fourth-order valence-corrected chi connectivity index (χ4v) is 4.76. The molecule has 5 rings (SSSR count). The first-order chi connectivity index (χ1) is 17.1. The van der Waals surface area contributed by atoms with Crippen molar-refractivity contribution in [3.8, 4) is 40.2 Å². The summed E-state index contributed by atoms with van der Waals surface area (Å²) in [5, 5.41) is 3.53. The Morgan fingerprint density at radius 2 is 1.43 bits per heavy atom. The highest BCUT2D eigenvalue weighted by molar-refractivity contribution is 5.60. The van der Waals surface area contributed by atoms with E-state index < -0.39 is 0 Å². The predicted molar refractivity (Wildman–Crippen MR) is 131 cm³/mol. The van der Waals surface area contributed by atoms with Crippen LogP contribution >= 0.6 is 0 Å². The predicted octanol–water partition coefficient (Wildman–Crippen LogP) is 5.05. The summed E-state index contributed by atoms with van der Waals surface area (Å²) in [6, 6.07) is 15.7. The van der Waals surface area contributed by atoms with Crippen LogP contribution in [0.1, 0.15) is 24.0 Å². The van der Waals surface area contributed by atoms with Crippen molar-refractivity contribution < 1.29 is 33.2 Å². The molecule has 2 heterocycles. The maximum atomic E-state index is 6.47. The lowest BCUT2D eigenvalue weighted by atomic mass is 9.78. The van der Waals surface area contributed by atoms with E-state index in [-0.39, 0.29) is 24.9 Å². The van der Waals surface area contributed by atoms with Crippen molar-refractivity contribution in [3.05, 3.63) is 59.7 Å². The van der Waals surface area contributed by atoms with E-state index >= 15 is 0 Å². The molecule has 0 amide bonds. The fraction of sp³-hybridized carbons (Fsp3) is 0.333. The summed E-state index contributed by atoms with van der Waals surface area (Å²) < 4.78 is 39.9. The number of anilines is 1. The molecule has 8 heteroatoms. The van der Waals surface area contributed by atoms with Gasteiger partial charge in [-0.25, -0.2) is 0 Å². The molecule has 2 aliphatic rings. The van der Waals surface area contributed by atoms with E-state index in [0.717, 1.165) is 28.3 Å². The third kappa shape index (κ3) is 4.09. The Hall–Kier alpha value is -3.94. The van der Waals surface area contributed by atoms with Gasteiger partial charge in [0.1, 0.15) is 11.5 Å². The van der Waals surface area contributed by atoms with Crippen molar-refractivity contribution in [3.63, 3.8) is 0 Å². The van der Waals surface area contributed by atoms with Gasteiger partial charge in [-0.1, -0.05) is 6.92 Å². The highest BCUT2D eigenvalue weighted by Gasteiger charge is 2.39. The molecule has 2 aliphatic heterocycles. The second-order valence-corrected chi connectivity index (χ2v) is 8.45. The largest absolute Gasteiger partial charge is 0.497 e. The monoisotopic (exact) mass is 479 g/mol. The molecule has 8 nitrogen and oxygen atoms in total. The van der Waals surface area contributed by atoms with E-state index in [4.69, 9.17) is 33.2 Å². The smallest absolute Gasteiger partial charge is 0.231 e. The molecule has 0 radical (unpaired) electrons. The van der Waals surface area contributed by atoms with Gasteiger partial charge < -0.3 is 38.5 Å². The zero-order valence-corrected chi connectivity index (χ0v) is 20.4. The second kappa shape index (κ2) is 9.37. The first kappa shape index (κ1) is 22.8. The molecular formula is C27H29NO7. The molecular weight excluding hydrogens is 450 g/mol. The first-order valence-electron chi connectivity index (χ1n) is 11.4. The molecule has 0 spiro atoms. The van der Waals surface area contributed by atoms with Gasteiger partial charge in [0.05, 0.1) is 28.4 Å². The van der Waals surface area contributed by atoms with E-state index in [0.29, 0.717) is 28.7 Å². The van der Waals surface area contributed by atoms with Crippen molar-refractivity contribution in [1.82, 2.24) is 0 Å². The van der Waals surface area contributed by atoms with Crippen LogP contribution in [-0.2, 0) is 0 Å². The van der Waals surface area contributed by atoms with Crippen molar-refractivity contribution in [2.45, 2.75) is 19.1 Å². The molecule has 0 aromatic heterocycles.